The molecule has 1 aliphatic carbocycles. The van der Waals surface area contributed by atoms with E-state index in [1.54, 1.807) is 6.92 Å². The van der Waals surface area contributed by atoms with Crippen LogP contribution in [0.25, 0.3) is 0 Å². The molecular formula is C12H12FeO. The van der Waals surface area contributed by atoms with Crippen molar-refractivity contribution >= 4 is 0 Å². The van der Waals surface area contributed by atoms with Crippen LogP contribution in [-0.4, -0.2) is 0 Å². The Morgan fingerprint density at radius 1 is 1.14 bits per heavy atom. The van der Waals surface area contributed by atoms with Gasteiger partial charge in [-0.05, 0) is 5.57 Å². The summed E-state index contributed by atoms with van der Waals surface area (Å²) in [5, 5.41) is 10.5. The SMILES string of the molecule is CC([O-])=C1C=CC=C1.[Fe+2].c1cc[cH-]c1. The number of hydrogen-bond donors (Lipinski definition) is 0. The molecule has 0 unspecified atom stereocenters. The van der Waals surface area contributed by atoms with E-state index in [1.807, 2.05) is 54.6 Å². The van der Waals surface area contributed by atoms with Crippen molar-refractivity contribution in [2.24, 2.45) is 0 Å². The minimum Gasteiger partial charge on any atom is -0.875 e. The van der Waals surface area contributed by atoms with Gasteiger partial charge in [0.2, 0.25) is 0 Å². The molecule has 0 heterocycles. The van der Waals surface area contributed by atoms with Gasteiger partial charge in [0.15, 0.2) is 0 Å². The maximum Gasteiger partial charge on any atom is 2.00 e. The Balaban J connectivity index is 0.000000246. The van der Waals surface area contributed by atoms with Crippen LogP contribution < -0.4 is 5.11 Å². The van der Waals surface area contributed by atoms with Crippen LogP contribution in [0.2, 0.25) is 0 Å². The first-order valence-electron chi connectivity index (χ1n) is 4.20. The molecule has 0 saturated carbocycles. The van der Waals surface area contributed by atoms with Gasteiger partial charge in [-0.25, -0.2) is 12.1 Å². The van der Waals surface area contributed by atoms with Crippen molar-refractivity contribution in [2.45, 2.75) is 6.92 Å². The molecule has 1 nitrogen and oxygen atoms in total. The van der Waals surface area contributed by atoms with Gasteiger partial charge in [-0.1, -0.05) is 31.2 Å². The molecule has 0 atom stereocenters. The molecule has 0 aliphatic heterocycles. The fourth-order valence-electron chi connectivity index (χ4n) is 0.929. The van der Waals surface area contributed by atoms with Crippen LogP contribution in [0.5, 0.6) is 0 Å². The smallest absolute Gasteiger partial charge is 0.875 e. The quantitative estimate of drug-likeness (QED) is 0.379. The largest absolute Gasteiger partial charge is 2.00 e. The molecule has 0 aromatic heterocycles. The number of rotatable bonds is 0. The van der Waals surface area contributed by atoms with E-state index in [4.69, 9.17) is 0 Å². The van der Waals surface area contributed by atoms with Crippen LogP contribution in [0.1, 0.15) is 6.92 Å². The summed E-state index contributed by atoms with van der Waals surface area (Å²) in [5.74, 6) is 0.134. The molecule has 74 valence electrons. The van der Waals surface area contributed by atoms with Gasteiger partial charge in [0.1, 0.15) is 0 Å². The predicted octanol–water partition coefficient (Wildman–Crippen LogP) is 2.15. The zero-order chi connectivity index (χ0) is 9.52. The minimum absolute atomic E-state index is 0. The molecule has 2 heteroatoms. The standard InChI is InChI=1S/C7H8O.C5H5.Fe/c1-6(8)7-4-2-3-5-7;1-2-4-5-3-1;/h2-5,8H,1H3;1-5H;/q;-1;+2/p-1. The third-order valence-electron chi connectivity index (χ3n) is 1.62. The van der Waals surface area contributed by atoms with Crippen molar-refractivity contribution < 1.29 is 22.2 Å². The van der Waals surface area contributed by atoms with E-state index in [2.05, 4.69) is 0 Å². The van der Waals surface area contributed by atoms with Crippen LogP contribution >= 0.6 is 0 Å². The van der Waals surface area contributed by atoms with Crippen LogP contribution in [-0.2, 0) is 17.1 Å². The van der Waals surface area contributed by atoms with Gasteiger partial charge in [-0.2, -0.15) is 18.2 Å². The average molecular weight is 228 g/mol. The van der Waals surface area contributed by atoms with Gasteiger partial charge in [-0.15, -0.1) is 5.76 Å². The Labute approximate surface area is 95.3 Å². The van der Waals surface area contributed by atoms with Gasteiger partial charge in [0.05, 0.1) is 0 Å². The predicted molar refractivity (Wildman–Crippen MR) is 53.0 cm³/mol. The third-order valence-corrected chi connectivity index (χ3v) is 1.62. The summed E-state index contributed by atoms with van der Waals surface area (Å²) < 4.78 is 0. The van der Waals surface area contributed by atoms with Gasteiger partial charge < -0.3 is 5.11 Å². The van der Waals surface area contributed by atoms with Crippen molar-refractivity contribution in [3.8, 4) is 0 Å². The van der Waals surface area contributed by atoms with Crippen LogP contribution in [0, 0.1) is 0 Å². The Hall–Kier alpha value is -1.11. The Morgan fingerprint density at radius 2 is 1.64 bits per heavy atom. The minimum atomic E-state index is 0. The summed E-state index contributed by atoms with van der Waals surface area (Å²) in [6, 6.07) is 10.0. The van der Waals surface area contributed by atoms with Gasteiger partial charge in [0, 0.05) is 0 Å². The summed E-state index contributed by atoms with van der Waals surface area (Å²) in [6.07, 6.45) is 7.33. The molecule has 1 aromatic rings. The zero-order valence-electron chi connectivity index (χ0n) is 7.96. The van der Waals surface area contributed by atoms with E-state index in [9.17, 15) is 5.11 Å². The summed E-state index contributed by atoms with van der Waals surface area (Å²) >= 11 is 0. The molecule has 0 amide bonds. The molecule has 14 heavy (non-hydrogen) atoms. The van der Waals surface area contributed by atoms with E-state index in [-0.39, 0.29) is 22.8 Å². The molecule has 2 rings (SSSR count). The third kappa shape index (κ3) is 4.80. The Morgan fingerprint density at radius 3 is 1.86 bits per heavy atom. The second-order valence-corrected chi connectivity index (χ2v) is 2.69. The fraction of sp³-hybridized carbons (Fsp3) is 0.0833. The Bertz CT molecular complexity index is 283. The van der Waals surface area contributed by atoms with Gasteiger partial charge in [-0.3, -0.25) is 0 Å². The van der Waals surface area contributed by atoms with Crippen molar-refractivity contribution in [2.75, 3.05) is 0 Å². The monoisotopic (exact) mass is 228 g/mol. The van der Waals surface area contributed by atoms with E-state index in [0.717, 1.165) is 5.57 Å². The molecule has 0 radical (unpaired) electrons. The van der Waals surface area contributed by atoms with Crippen molar-refractivity contribution in [3.05, 3.63) is 66.0 Å². The van der Waals surface area contributed by atoms with Crippen molar-refractivity contribution in [1.29, 1.82) is 0 Å². The van der Waals surface area contributed by atoms with E-state index in [1.165, 1.54) is 0 Å². The first-order valence-corrected chi connectivity index (χ1v) is 4.20. The molecule has 0 fully saturated rings. The van der Waals surface area contributed by atoms with Crippen molar-refractivity contribution in [3.63, 3.8) is 0 Å². The molecular weight excluding hydrogens is 216 g/mol. The zero-order valence-corrected chi connectivity index (χ0v) is 9.06. The second-order valence-electron chi connectivity index (χ2n) is 2.69. The summed E-state index contributed by atoms with van der Waals surface area (Å²) in [6.45, 7) is 1.56. The normalized spacial score (nSPS) is 11.6. The van der Waals surface area contributed by atoms with E-state index < -0.39 is 0 Å². The van der Waals surface area contributed by atoms with Gasteiger partial charge in [0.25, 0.3) is 0 Å². The van der Waals surface area contributed by atoms with E-state index in [0.29, 0.717) is 0 Å². The fourth-order valence-corrected chi connectivity index (χ4v) is 0.929. The average Bonchev–Trinajstić information content (AvgIpc) is 2.82. The number of hydrogen-bond acceptors (Lipinski definition) is 1. The first kappa shape index (κ1) is 12.9. The van der Waals surface area contributed by atoms with Crippen LogP contribution in [0.4, 0.5) is 0 Å². The first-order chi connectivity index (χ1) is 6.30. The molecule has 0 bridgehead atoms. The van der Waals surface area contributed by atoms with E-state index >= 15 is 0 Å². The summed E-state index contributed by atoms with van der Waals surface area (Å²) in [5.41, 5.74) is 0.796. The van der Waals surface area contributed by atoms with Gasteiger partial charge >= 0.3 is 17.1 Å². The number of allylic oxidation sites excluding steroid dienone is 6. The molecule has 0 spiro atoms. The van der Waals surface area contributed by atoms with Crippen molar-refractivity contribution in [1.82, 2.24) is 0 Å². The van der Waals surface area contributed by atoms with Crippen LogP contribution in [0.3, 0.4) is 0 Å². The Kier molecular flexibility index (Phi) is 6.73. The topological polar surface area (TPSA) is 23.1 Å². The summed E-state index contributed by atoms with van der Waals surface area (Å²) in [4.78, 5) is 0. The second kappa shape index (κ2) is 7.31. The summed E-state index contributed by atoms with van der Waals surface area (Å²) in [7, 11) is 0. The molecule has 1 aliphatic rings. The maximum atomic E-state index is 10.5. The molecule has 1 aromatic carbocycles. The molecule has 0 saturated heterocycles. The molecule has 0 N–H and O–H groups in total. The maximum absolute atomic E-state index is 10.5. The van der Waals surface area contributed by atoms with Crippen LogP contribution in [0.15, 0.2) is 66.0 Å².